The predicted molar refractivity (Wildman–Crippen MR) is 98.3 cm³/mol. The van der Waals surface area contributed by atoms with Crippen LogP contribution in [-0.2, 0) is 11.0 Å². The molecule has 0 aromatic carbocycles. The van der Waals surface area contributed by atoms with Crippen LogP contribution in [0.15, 0.2) is 30.7 Å². The van der Waals surface area contributed by atoms with E-state index in [-0.39, 0.29) is 24.7 Å². The van der Waals surface area contributed by atoms with Crippen molar-refractivity contribution in [2.45, 2.75) is 31.7 Å². The van der Waals surface area contributed by atoms with Gasteiger partial charge in [0.05, 0.1) is 30.5 Å². The molecule has 2 aromatic rings. The third kappa shape index (κ3) is 5.03. The number of rotatable bonds is 6. The molecule has 0 bridgehead atoms. The molecular weight excluding hydrogens is 427 g/mol. The van der Waals surface area contributed by atoms with Gasteiger partial charge in [-0.25, -0.2) is 28.5 Å². The van der Waals surface area contributed by atoms with Crippen molar-refractivity contribution in [3.63, 3.8) is 0 Å². The van der Waals surface area contributed by atoms with Crippen LogP contribution in [0.4, 0.5) is 38.5 Å². The number of halogens is 5. The lowest BCUT2D eigenvalue weighted by atomic mass is 10.1. The van der Waals surface area contributed by atoms with Crippen molar-refractivity contribution in [2.75, 3.05) is 23.3 Å². The van der Waals surface area contributed by atoms with Crippen LogP contribution in [0.3, 0.4) is 0 Å². The minimum absolute atomic E-state index is 0.0450. The predicted octanol–water partition coefficient (Wildman–Crippen LogP) is 3.03. The summed E-state index contributed by atoms with van der Waals surface area (Å²) in [4.78, 5) is 38.1. The van der Waals surface area contributed by atoms with Gasteiger partial charge in [-0.1, -0.05) is 6.92 Å². The van der Waals surface area contributed by atoms with Crippen LogP contribution in [-0.4, -0.2) is 57.1 Å². The zero-order chi connectivity index (χ0) is 22.8. The van der Waals surface area contributed by atoms with Crippen molar-refractivity contribution >= 4 is 23.7 Å². The molecule has 31 heavy (non-hydrogen) atoms. The fraction of sp³-hybridized carbons (Fsp3) is 0.389. The molecule has 13 heteroatoms. The lowest BCUT2D eigenvalue weighted by molar-refractivity contribution is -0.137. The van der Waals surface area contributed by atoms with Crippen molar-refractivity contribution < 1.29 is 31.5 Å². The molecule has 1 fully saturated rings. The molecule has 3 heterocycles. The molecule has 166 valence electrons. The van der Waals surface area contributed by atoms with E-state index in [1.54, 1.807) is 6.92 Å². The van der Waals surface area contributed by atoms with Crippen molar-refractivity contribution in [3.05, 3.63) is 42.1 Å². The van der Waals surface area contributed by atoms with E-state index >= 15 is 0 Å². The Labute approximate surface area is 173 Å². The first-order chi connectivity index (χ1) is 14.6. The first kappa shape index (κ1) is 22.3. The van der Waals surface area contributed by atoms with E-state index in [4.69, 9.17) is 0 Å². The summed E-state index contributed by atoms with van der Waals surface area (Å²) in [6.07, 6.45) is -3.52. The molecule has 2 atom stereocenters. The molecule has 0 radical (unpaired) electrons. The Hall–Kier alpha value is -3.38. The highest BCUT2D eigenvalue weighted by atomic mass is 19.4. The Balaban J connectivity index is 1.76. The van der Waals surface area contributed by atoms with Crippen molar-refractivity contribution in [1.82, 2.24) is 19.9 Å². The number of alkyl halides is 4. The van der Waals surface area contributed by atoms with E-state index in [1.807, 2.05) is 0 Å². The standard InChI is InChI=1S/C18H17F5N6O2/c1-2-12(20)13-8-29(16-25-6-11(19)7-26-16)17(31)28(13)9-15(30)27-14-5-10(3-4-24-14)18(21,22)23/h3-7,12-13H,2,8-9H2,1H3,(H,24,27,30)/t12-,13+/m0/s1. The third-order valence-corrected chi connectivity index (χ3v) is 4.57. The maximum atomic E-state index is 14.5. The number of carbonyl (C=O) groups excluding carboxylic acids is 2. The maximum Gasteiger partial charge on any atom is 0.416 e. The van der Waals surface area contributed by atoms with Crippen LogP contribution in [0.5, 0.6) is 0 Å². The zero-order valence-corrected chi connectivity index (χ0v) is 16.1. The van der Waals surface area contributed by atoms with E-state index in [0.29, 0.717) is 6.07 Å². The topological polar surface area (TPSA) is 91.3 Å². The highest BCUT2D eigenvalue weighted by molar-refractivity contribution is 5.98. The average molecular weight is 444 g/mol. The monoisotopic (exact) mass is 444 g/mol. The number of pyridine rings is 1. The number of anilines is 2. The van der Waals surface area contributed by atoms with Crippen LogP contribution >= 0.6 is 0 Å². The second kappa shape index (κ2) is 8.78. The van der Waals surface area contributed by atoms with Crippen molar-refractivity contribution in [3.8, 4) is 0 Å². The molecule has 1 N–H and O–H groups in total. The number of aromatic nitrogens is 3. The van der Waals surface area contributed by atoms with Crippen LogP contribution < -0.4 is 10.2 Å². The number of hydrogen-bond acceptors (Lipinski definition) is 5. The first-order valence-electron chi connectivity index (χ1n) is 9.13. The van der Waals surface area contributed by atoms with Gasteiger partial charge < -0.3 is 10.2 Å². The Bertz CT molecular complexity index is 955. The van der Waals surface area contributed by atoms with Crippen molar-refractivity contribution in [1.29, 1.82) is 0 Å². The molecule has 1 aliphatic heterocycles. The summed E-state index contributed by atoms with van der Waals surface area (Å²) in [7, 11) is 0. The largest absolute Gasteiger partial charge is 0.416 e. The summed E-state index contributed by atoms with van der Waals surface area (Å²) in [5.74, 6) is -2.12. The van der Waals surface area contributed by atoms with E-state index in [1.165, 1.54) is 0 Å². The lowest BCUT2D eigenvalue weighted by Crippen LogP contribution is -2.44. The SMILES string of the molecule is CC[C@H](F)[C@H]1CN(c2ncc(F)cn2)C(=O)N1CC(=O)Nc1cc(C(F)(F)F)ccn1. The molecule has 0 spiro atoms. The molecule has 2 aromatic heterocycles. The van der Waals surface area contributed by atoms with Crippen LogP contribution in [0, 0.1) is 5.82 Å². The number of urea groups is 1. The van der Waals surface area contributed by atoms with Gasteiger partial charge in [0.25, 0.3) is 0 Å². The summed E-state index contributed by atoms with van der Waals surface area (Å²) >= 11 is 0. The highest BCUT2D eigenvalue weighted by Crippen LogP contribution is 2.30. The van der Waals surface area contributed by atoms with E-state index < -0.39 is 48.3 Å². The number of carbonyl (C=O) groups is 2. The van der Waals surface area contributed by atoms with Crippen LogP contribution in [0.1, 0.15) is 18.9 Å². The van der Waals surface area contributed by atoms with E-state index in [2.05, 4.69) is 20.3 Å². The Morgan fingerprint density at radius 2 is 1.97 bits per heavy atom. The summed E-state index contributed by atoms with van der Waals surface area (Å²) in [6, 6.07) is -0.444. The number of hydrogen-bond donors (Lipinski definition) is 1. The molecule has 0 unspecified atom stereocenters. The van der Waals surface area contributed by atoms with Crippen molar-refractivity contribution in [2.24, 2.45) is 0 Å². The van der Waals surface area contributed by atoms with Gasteiger partial charge in [0.2, 0.25) is 11.9 Å². The van der Waals surface area contributed by atoms with Crippen LogP contribution in [0.25, 0.3) is 0 Å². The Kier molecular flexibility index (Phi) is 6.32. The van der Waals surface area contributed by atoms with Gasteiger partial charge in [-0.15, -0.1) is 0 Å². The van der Waals surface area contributed by atoms with Gasteiger partial charge in [0.1, 0.15) is 18.5 Å². The fourth-order valence-corrected chi connectivity index (χ4v) is 3.05. The number of amides is 3. The lowest BCUT2D eigenvalue weighted by Gasteiger charge is -2.24. The normalized spacial score (nSPS) is 17.7. The third-order valence-electron chi connectivity index (χ3n) is 4.57. The van der Waals surface area contributed by atoms with E-state index in [0.717, 1.165) is 34.5 Å². The summed E-state index contributed by atoms with van der Waals surface area (Å²) < 4.78 is 66.0. The summed E-state index contributed by atoms with van der Waals surface area (Å²) in [5, 5.41) is 2.18. The molecule has 0 saturated carbocycles. The van der Waals surface area contributed by atoms with E-state index in [9.17, 15) is 31.5 Å². The second-order valence-electron chi connectivity index (χ2n) is 6.69. The van der Waals surface area contributed by atoms with Gasteiger partial charge in [-0.3, -0.25) is 9.69 Å². The molecule has 0 aliphatic carbocycles. The fourth-order valence-electron chi connectivity index (χ4n) is 3.05. The summed E-state index contributed by atoms with van der Waals surface area (Å²) in [6.45, 7) is 0.727. The Morgan fingerprint density at radius 3 is 2.58 bits per heavy atom. The number of nitrogens with one attached hydrogen (secondary N) is 1. The summed E-state index contributed by atoms with van der Waals surface area (Å²) in [5.41, 5.74) is -1.01. The quantitative estimate of drug-likeness (QED) is 0.692. The Morgan fingerprint density at radius 1 is 1.29 bits per heavy atom. The number of nitrogens with zero attached hydrogens (tertiary/aromatic N) is 5. The molecule has 1 saturated heterocycles. The zero-order valence-electron chi connectivity index (χ0n) is 16.1. The second-order valence-corrected chi connectivity index (χ2v) is 6.69. The van der Waals surface area contributed by atoms with Gasteiger partial charge in [-0.2, -0.15) is 13.2 Å². The van der Waals surface area contributed by atoms with Gasteiger partial charge in [-0.05, 0) is 18.6 Å². The first-order valence-corrected chi connectivity index (χ1v) is 9.13. The smallest absolute Gasteiger partial charge is 0.309 e. The molecule has 3 amide bonds. The van der Waals surface area contributed by atoms with Gasteiger partial charge in [0.15, 0.2) is 5.82 Å². The van der Waals surface area contributed by atoms with Crippen LogP contribution in [0.2, 0.25) is 0 Å². The minimum Gasteiger partial charge on any atom is -0.309 e. The molecular formula is C18H17F5N6O2. The molecule has 8 nitrogen and oxygen atoms in total. The average Bonchev–Trinajstić information content (AvgIpc) is 3.04. The minimum atomic E-state index is -4.63. The molecule has 1 aliphatic rings. The highest BCUT2D eigenvalue weighted by Gasteiger charge is 2.43. The maximum absolute atomic E-state index is 14.5. The molecule has 3 rings (SSSR count). The van der Waals surface area contributed by atoms with Gasteiger partial charge >= 0.3 is 12.2 Å². The van der Waals surface area contributed by atoms with Gasteiger partial charge in [0, 0.05) is 6.20 Å².